The minimum Gasteiger partial charge on any atom is -0.493 e. The van der Waals surface area contributed by atoms with Gasteiger partial charge < -0.3 is 14.4 Å². The third-order valence-corrected chi connectivity index (χ3v) is 4.10. The molecule has 0 radical (unpaired) electrons. The molecule has 0 aromatic heterocycles. The molecule has 0 aliphatic carbocycles. The van der Waals surface area contributed by atoms with Gasteiger partial charge in [-0.1, -0.05) is 11.6 Å². The van der Waals surface area contributed by atoms with Gasteiger partial charge in [0.05, 0.1) is 25.7 Å². The summed E-state index contributed by atoms with van der Waals surface area (Å²) in [5.41, 5.74) is 0.664. The Morgan fingerprint density at radius 1 is 1.36 bits per heavy atom. The summed E-state index contributed by atoms with van der Waals surface area (Å²) < 4.78 is 37.7. The molecule has 1 aromatic rings. The fourth-order valence-electron chi connectivity index (χ4n) is 2.83. The van der Waals surface area contributed by atoms with Crippen molar-refractivity contribution in [2.45, 2.75) is 18.3 Å². The molecule has 4 nitrogen and oxygen atoms in total. The predicted molar refractivity (Wildman–Crippen MR) is 76.7 cm³/mol. The third kappa shape index (κ3) is 3.17. The van der Waals surface area contributed by atoms with Crippen molar-refractivity contribution in [2.24, 2.45) is 0 Å². The van der Waals surface area contributed by atoms with Crippen LogP contribution in [0.4, 0.5) is 8.78 Å². The smallest absolute Gasteiger partial charge is 0.288 e. The topological polar surface area (TPSA) is 38.8 Å². The highest BCUT2D eigenvalue weighted by Gasteiger charge is 2.39. The number of carbonyl (C=O) groups is 1. The van der Waals surface area contributed by atoms with Crippen LogP contribution in [0.15, 0.2) is 18.2 Å². The number of halogens is 3. The van der Waals surface area contributed by atoms with E-state index in [2.05, 4.69) is 0 Å². The number of carbonyl (C=O) groups excluding carboxylic acids is 1. The molecule has 0 spiro atoms. The number of hydrogen-bond acceptors (Lipinski definition) is 3. The molecule has 1 unspecified atom stereocenters. The van der Waals surface area contributed by atoms with Crippen LogP contribution in [0.2, 0.25) is 5.02 Å². The van der Waals surface area contributed by atoms with E-state index in [4.69, 9.17) is 21.1 Å². The predicted octanol–water partition coefficient (Wildman–Crippen LogP) is 2.70. The summed E-state index contributed by atoms with van der Waals surface area (Å²) in [6.45, 7) is -0.591. The van der Waals surface area contributed by atoms with Crippen LogP contribution in [0.3, 0.4) is 0 Å². The molecule has 1 saturated heterocycles. The van der Waals surface area contributed by atoms with Gasteiger partial charge in [-0.2, -0.15) is 0 Å². The maximum atomic E-state index is 13.6. The van der Waals surface area contributed by atoms with Crippen molar-refractivity contribution in [3.05, 3.63) is 28.8 Å². The average Bonchev–Trinajstić information content (AvgIpc) is 2.66. The number of alkyl halides is 2. The van der Waals surface area contributed by atoms with E-state index in [9.17, 15) is 13.6 Å². The molecule has 2 heterocycles. The lowest BCUT2D eigenvalue weighted by atomic mass is 9.91. The molecular weight excluding hydrogens is 316 g/mol. The number of hydrogen-bond donors (Lipinski definition) is 0. The highest BCUT2D eigenvalue weighted by atomic mass is 35.5. The van der Waals surface area contributed by atoms with Gasteiger partial charge in [-0.25, -0.2) is 8.78 Å². The van der Waals surface area contributed by atoms with Crippen molar-refractivity contribution in [1.82, 2.24) is 4.90 Å². The van der Waals surface area contributed by atoms with Crippen molar-refractivity contribution >= 4 is 17.5 Å². The molecule has 7 heteroatoms. The first-order valence-corrected chi connectivity index (χ1v) is 7.51. The molecule has 22 heavy (non-hydrogen) atoms. The first-order chi connectivity index (χ1) is 10.5. The second-order valence-electron chi connectivity index (χ2n) is 5.54. The zero-order valence-electron chi connectivity index (χ0n) is 11.9. The Bertz CT molecular complexity index is 582. The highest BCUT2D eigenvalue weighted by Crippen LogP contribution is 2.37. The van der Waals surface area contributed by atoms with Gasteiger partial charge in [-0.05, 0) is 24.6 Å². The van der Waals surface area contributed by atoms with Gasteiger partial charge in [-0.3, -0.25) is 4.79 Å². The molecule has 0 bridgehead atoms. The van der Waals surface area contributed by atoms with Crippen molar-refractivity contribution < 1.29 is 23.0 Å². The Balaban J connectivity index is 1.85. The van der Waals surface area contributed by atoms with Gasteiger partial charge in [0.2, 0.25) is 5.91 Å². The van der Waals surface area contributed by atoms with E-state index < -0.39 is 25.0 Å². The van der Waals surface area contributed by atoms with Crippen LogP contribution in [0.25, 0.3) is 0 Å². The highest BCUT2D eigenvalue weighted by molar-refractivity contribution is 6.30. The van der Waals surface area contributed by atoms with E-state index in [1.54, 1.807) is 18.2 Å². The second-order valence-corrected chi connectivity index (χ2v) is 5.98. The van der Waals surface area contributed by atoms with Crippen LogP contribution in [0.1, 0.15) is 17.9 Å². The molecule has 2 aliphatic heterocycles. The second kappa shape index (κ2) is 6.01. The summed E-state index contributed by atoms with van der Waals surface area (Å²) >= 11 is 5.98. The standard InChI is InChI=1S/C15H16ClF2NO3/c16-10-1-2-13-12(7-10)11(3-5-22-13)14(20)19-4-6-21-9-15(17,18)8-19/h1-2,7,11H,3-6,8-9H2. The summed E-state index contributed by atoms with van der Waals surface area (Å²) in [5, 5.41) is 0.492. The molecule has 1 aromatic carbocycles. The zero-order chi connectivity index (χ0) is 15.7. The monoisotopic (exact) mass is 331 g/mol. The number of ether oxygens (including phenoxy) is 2. The average molecular weight is 332 g/mol. The number of amides is 1. The summed E-state index contributed by atoms with van der Waals surface area (Å²) in [7, 11) is 0. The van der Waals surface area contributed by atoms with Crippen molar-refractivity contribution in [3.8, 4) is 5.75 Å². The third-order valence-electron chi connectivity index (χ3n) is 3.86. The summed E-state index contributed by atoms with van der Waals surface area (Å²) in [6, 6.07) is 5.06. The van der Waals surface area contributed by atoms with Gasteiger partial charge in [0.1, 0.15) is 12.4 Å². The Labute approximate surface area is 131 Å². The molecule has 0 saturated carbocycles. The fourth-order valence-corrected chi connectivity index (χ4v) is 3.01. The Hall–Kier alpha value is -1.40. The Morgan fingerprint density at radius 3 is 3.00 bits per heavy atom. The SMILES string of the molecule is O=C(C1CCOc2ccc(Cl)cc21)N1CCOCC(F)(F)C1. The van der Waals surface area contributed by atoms with E-state index in [0.717, 1.165) is 0 Å². The van der Waals surface area contributed by atoms with Crippen LogP contribution in [0, 0.1) is 0 Å². The van der Waals surface area contributed by atoms with E-state index in [1.165, 1.54) is 4.90 Å². The lowest BCUT2D eigenvalue weighted by Gasteiger charge is -2.31. The van der Waals surface area contributed by atoms with Crippen molar-refractivity contribution in [1.29, 1.82) is 0 Å². The first kappa shape index (κ1) is 15.5. The van der Waals surface area contributed by atoms with E-state index in [-0.39, 0.29) is 19.1 Å². The number of benzene rings is 1. The zero-order valence-corrected chi connectivity index (χ0v) is 12.6. The van der Waals surface area contributed by atoms with E-state index in [0.29, 0.717) is 29.4 Å². The molecule has 3 rings (SSSR count). The summed E-state index contributed by atoms with van der Waals surface area (Å²) in [6.07, 6.45) is 0.453. The summed E-state index contributed by atoms with van der Waals surface area (Å²) in [5.74, 6) is -3.26. The van der Waals surface area contributed by atoms with Gasteiger partial charge >= 0.3 is 0 Å². The Morgan fingerprint density at radius 2 is 2.18 bits per heavy atom. The maximum Gasteiger partial charge on any atom is 0.288 e. The number of nitrogens with zero attached hydrogens (tertiary/aromatic N) is 1. The van der Waals surface area contributed by atoms with Crippen LogP contribution >= 0.6 is 11.6 Å². The minimum absolute atomic E-state index is 0.118. The lowest BCUT2D eigenvalue weighted by molar-refractivity contribution is -0.138. The maximum absolute atomic E-state index is 13.6. The summed E-state index contributed by atoms with van der Waals surface area (Å²) in [4.78, 5) is 13.9. The van der Waals surface area contributed by atoms with Crippen LogP contribution < -0.4 is 4.74 Å². The van der Waals surface area contributed by atoms with Crippen molar-refractivity contribution in [3.63, 3.8) is 0 Å². The van der Waals surface area contributed by atoms with Crippen LogP contribution in [0.5, 0.6) is 5.75 Å². The first-order valence-electron chi connectivity index (χ1n) is 7.13. The van der Waals surface area contributed by atoms with Crippen LogP contribution in [-0.4, -0.2) is 49.6 Å². The van der Waals surface area contributed by atoms with Gasteiger partial charge in [-0.15, -0.1) is 0 Å². The molecule has 1 atom stereocenters. The van der Waals surface area contributed by atoms with Crippen LogP contribution in [-0.2, 0) is 9.53 Å². The van der Waals surface area contributed by atoms with E-state index >= 15 is 0 Å². The molecule has 2 aliphatic rings. The molecule has 120 valence electrons. The van der Waals surface area contributed by atoms with Gasteiger partial charge in [0.25, 0.3) is 5.92 Å². The number of rotatable bonds is 1. The van der Waals surface area contributed by atoms with E-state index in [1.807, 2.05) is 0 Å². The molecule has 1 amide bonds. The lowest BCUT2D eigenvalue weighted by Crippen LogP contribution is -2.44. The quantitative estimate of drug-likeness (QED) is 0.794. The largest absolute Gasteiger partial charge is 0.493 e. The van der Waals surface area contributed by atoms with Gasteiger partial charge in [0.15, 0.2) is 0 Å². The molecular formula is C15H16ClF2NO3. The van der Waals surface area contributed by atoms with Gasteiger partial charge in [0, 0.05) is 17.1 Å². The molecule has 1 fully saturated rings. The Kier molecular flexibility index (Phi) is 4.23. The number of fused-ring (bicyclic) bond motifs is 1. The normalized spacial score (nSPS) is 24.1. The minimum atomic E-state index is -3.02. The van der Waals surface area contributed by atoms with Crippen molar-refractivity contribution in [2.75, 3.05) is 32.9 Å². The fraction of sp³-hybridized carbons (Fsp3) is 0.533. The molecule has 0 N–H and O–H groups in total.